The molecule has 1 aromatic rings. The highest BCUT2D eigenvalue weighted by molar-refractivity contribution is 7.46. The summed E-state index contributed by atoms with van der Waals surface area (Å²) in [5.41, 5.74) is -0.991. The van der Waals surface area contributed by atoms with Crippen LogP contribution in [0.3, 0.4) is 0 Å². The molecule has 0 atom stereocenters. The van der Waals surface area contributed by atoms with Gasteiger partial charge in [0, 0.05) is 5.56 Å². The Kier molecular flexibility index (Phi) is 5.09. The van der Waals surface area contributed by atoms with Gasteiger partial charge in [0.2, 0.25) is 0 Å². The van der Waals surface area contributed by atoms with Crippen LogP contribution in [0.2, 0.25) is 0 Å². The molecule has 0 saturated heterocycles. The zero-order chi connectivity index (χ0) is 16.4. The maximum atomic E-state index is 12.8. The molecular formula is C12H14F3O5P. The van der Waals surface area contributed by atoms with Gasteiger partial charge in [0.15, 0.2) is 0 Å². The normalized spacial score (nSPS) is 13.7. The van der Waals surface area contributed by atoms with Crippen LogP contribution in [0.5, 0.6) is 5.75 Å². The Morgan fingerprint density at radius 3 is 2.24 bits per heavy atom. The van der Waals surface area contributed by atoms with Crippen LogP contribution in [0, 0.1) is 6.92 Å². The highest BCUT2D eigenvalue weighted by atomic mass is 31.2. The van der Waals surface area contributed by atoms with Crippen molar-refractivity contribution in [1.29, 1.82) is 0 Å². The van der Waals surface area contributed by atoms with Gasteiger partial charge >= 0.3 is 14.0 Å². The van der Waals surface area contributed by atoms with E-state index in [0.717, 1.165) is 0 Å². The van der Waals surface area contributed by atoms with Gasteiger partial charge in [-0.2, -0.15) is 13.2 Å². The monoisotopic (exact) mass is 326 g/mol. The number of halogens is 3. The summed E-state index contributed by atoms with van der Waals surface area (Å²) in [7, 11) is -3.75. The molecule has 5 nitrogen and oxygen atoms in total. The van der Waals surface area contributed by atoms with Crippen molar-refractivity contribution in [2.75, 3.05) is 7.11 Å². The lowest BCUT2D eigenvalue weighted by Gasteiger charge is -2.18. The Morgan fingerprint density at radius 2 is 1.86 bits per heavy atom. The second-order valence-corrected chi connectivity index (χ2v) is 5.38. The molecule has 0 fully saturated rings. The van der Waals surface area contributed by atoms with Crippen molar-refractivity contribution in [2.45, 2.75) is 20.0 Å². The van der Waals surface area contributed by atoms with Crippen molar-refractivity contribution in [2.24, 2.45) is 0 Å². The number of aryl methyl sites for hydroxylation is 1. The fourth-order valence-electron chi connectivity index (χ4n) is 1.59. The minimum absolute atomic E-state index is 0.0750. The lowest BCUT2D eigenvalue weighted by Crippen LogP contribution is -2.13. The molecule has 0 spiro atoms. The Balaban J connectivity index is 3.49. The lowest BCUT2D eigenvalue weighted by atomic mass is 10.0. The van der Waals surface area contributed by atoms with Crippen molar-refractivity contribution >= 4 is 13.6 Å². The third-order valence-corrected chi connectivity index (χ3v) is 3.07. The standard InChI is InChI=1S/C12H14F3O5P/c1-7-6-9(19-3)4-5-10(7)11(20-21(16,17)18)8(2)12(13,14)15/h4-6H,1-3H3,(H2,16,17,18). The van der Waals surface area contributed by atoms with Crippen LogP contribution in [0.1, 0.15) is 18.1 Å². The van der Waals surface area contributed by atoms with Gasteiger partial charge in [-0.3, -0.25) is 9.79 Å². The Bertz CT molecular complexity index is 603. The number of ether oxygens (including phenoxy) is 1. The van der Waals surface area contributed by atoms with Crippen molar-refractivity contribution in [3.8, 4) is 5.75 Å². The van der Waals surface area contributed by atoms with Gasteiger partial charge in [-0.1, -0.05) is 0 Å². The predicted molar refractivity (Wildman–Crippen MR) is 69.5 cm³/mol. The smallest absolute Gasteiger partial charge is 0.497 e. The van der Waals surface area contributed by atoms with Gasteiger partial charge in [0.1, 0.15) is 11.5 Å². The van der Waals surface area contributed by atoms with Crippen molar-refractivity contribution < 1.29 is 36.8 Å². The zero-order valence-electron chi connectivity index (χ0n) is 11.4. The quantitative estimate of drug-likeness (QED) is 0.655. The molecule has 0 aliphatic carbocycles. The largest absolute Gasteiger partial charge is 0.524 e. The molecule has 0 heterocycles. The molecule has 0 bridgehead atoms. The molecular weight excluding hydrogens is 312 g/mol. The molecule has 21 heavy (non-hydrogen) atoms. The van der Waals surface area contributed by atoms with E-state index in [-0.39, 0.29) is 5.56 Å². The van der Waals surface area contributed by atoms with Gasteiger partial charge in [-0.25, -0.2) is 4.57 Å². The Labute approximate surface area is 119 Å². The third kappa shape index (κ3) is 4.77. The fourth-order valence-corrected chi connectivity index (χ4v) is 2.06. The predicted octanol–water partition coefficient (Wildman–Crippen LogP) is 3.41. The first-order valence-corrected chi connectivity index (χ1v) is 7.17. The van der Waals surface area contributed by atoms with Gasteiger partial charge in [0.05, 0.1) is 12.7 Å². The van der Waals surface area contributed by atoms with Crippen LogP contribution in [-0.2, 0) is 9.09 Å². The molecule has 2 N–H and O–H groups in total. The first-order chi connectivity index (χ1) is 9.45. The minimum Gasteiger partial charge on any atom is -0.497 e. The van der Waals surface area contributed by atoms with Crippen LogP contribution in [-0.4, -0.2) is 23.1 Å². The van der Waals surface area contributed by atoms with Gasteiger partial charge in [-0.05, 0) is 37.6 Å². The average Bonchev–Trinajstić information content (AvgIpc) is 2.33. The summed E-state index contributed by atoms with van der Waals surface area (Å²) < 4.78 is 58.6. The molecule has 0 saturated carbocycles. The molecule has 0 unspecified atom stereocenters. The molecule has 0 radical (unpaired) electrons. The van der Waals surface area contributed by atoms with E-state index in [0.29, 0.717) is 18.2 Å². The minimum atomic E-state index is -5.14. The van der Waals surface area contributed by atoms with E-state index in [2.05, 4.69) is 4.52 Å². The SMILES string of the molecule is COc1ccc(C(OP(=O)(O)O)=C(C)C(F)(F)F)c(C)c1. The molecule has 9 heteroatoms. The number of hydrogen-bond donors (Lipinski definition) is 2. The first kappa shape index (κ1) is 17.6. The maximum Gasteiger partial charge on any atom is 0.524 e. The second-order valence-electron chi connectivity index (χ2n) is 4.21. The second kappa shape index (κ2) is 6.09. The number of alkyl halides is 3. The summed E-state index contributed by atoms with van der Waals surface area (Å²) in [5, 5.41) is 0. The van der Waals surface area contributed by atoms with E-state index in [1.165, 1.54) is 32.2 Å². The maximum absolute atomic E-state index is 12.8. The van der Waals surface area contributed by atoms with E-state index >= 15 is 0 Å². The number of allylic oxidation sites excluding steroid dienone is 1. The molecule has 0 aromatic heterocycles. The van der Waals surface area contributed by atoms with E-state index in [9.17, 15) is 17.7 Å². The van der Waals surface area contributed by atoms with E-state index in [1.54, 1.807) is 0 Å². The summed E-state index contributed by atoms with van der Waals surface area (Å²) in [6.07, 6.45) is -4.78. The van der Waals surface area contributed by atoms with Crippen LogP contribution in [0.25, 0.3) is 5.76 Å². The lowest BCUT2D eigenvalue weighted by molar-refractivity contribution is -0.0916. The number of rotatable bonds is 4. The number of benzene rings is 1. The van der Waals surface area contributed by atoms with Gasteiger partial charge in [-0.15, -0.1) is 0 Å². The zero-order valence-corrected chi connectivity index (χ0v) is 12.3. The van der Waals surface area contributed by atoms with Gasteiger partial charge < -0.3 is 9.26 Å². The summed E-state index contributed by atoms with van der Waals surface area (Å²) in [6, 6.07) is 4.05. The molecule has 0 aliphatic rings. The van der Waals surface area contributed by atoms with Crippen molar-refractivity contribution in [1.82, 2.24) is 0 Å². The van der Waals surface area contributed by atoms with Crippen LogP contribution < -0.4 is 4.74 Å². The topological polar surface area (TPSA) is 76.0 Å². The fraction of sp³-hybridized carbons (Fsp3) is 0.333. The summed E-state index contributed by atoms with van der Waals surface area (Å²) in [4.78, 5) is 17.6. The van der Waals surface area contributed by atoms with Crippen LogP contribution >= 0.6 is 7.82 Å². The number of methoxy groups -OCH3 is 1. The van der Waals surface area contributed by atoms with Crippen LogP contribution in [0.15, 0.2) is 23.8 Å². The number of hydrogen-bond acceptors (Lipinski definition) is 3. The van der Waals surface area contributed by atoms with E-state index in [4.69, 9.17) is 14.5 Å². The van der Waals surface area contributed by atoms with Crippen molar-refractivity contribution in [3.05, 3.63) is 34.9 Å². The molecule has 1 rings (SSSR count). The summed E-state index contributed by atoms with van der Waals surface area (Å²) >= 11 is 0. The highest BCUT2D eigenvalue weighted by Crippen LogP contribution is 2.46. The van der Waals surface area contributed by atoms with Crippen molar-refractivity contribution in [3.63, 3.8) is 0 Å². The summed E-state index contributed by atoms with van der Waals surface area (Å²) in [5.74, 6) is -0.507. The average molecular weight is 326 g/mol. The molecule has 0 aliphatic heterocycles. The van der Waals surface area contributed by atoms with E-state index < -0.39 is 25.3 Å². The van der Waals surface area contributed by atoms with Gasteiger partial charge in [0.25, 0.3) is 0 Å². The number of phosphoric ester groups is 1. The Hall–Kier alpha value is -1.50. The summed E-state index contributed by atoms with van der Waals surface area (Å²) in [6.45, 7) is 2.17. The molecule has 1 aromatic carbocycles. The molecule has 0 amide bonds. The highest BCUT2D eigenvalue weighted by Gasteiger charge is 2.36. The van der Waals surface area contributed by atoms with E-state index in [1.807, 2.05) is 0 Å². The number of phosphoric acid groups is 1. The van der Waals surface area contributed by atoms with Crippen LogP contribution in [0.4, 0.5) is 13.2 Å². The first-order valence-electron chi connectivity index (χ1n) is 5.64. The Morgan fingerprint density at radius 1 is 1.29 bits per heavy atom. The molecule has 118 valence electrons. The third-order valence-electron chi connectivity index (χ3n) is 2.65.